The van der Waals surface area contributed by atoms with Crippen molar-refractivity contribution < 1.29 is 9.59 Å². The SMILES string of the molecule is O=C(c1cc(N2CCCC2)ncn1)N1CCN(C(=O)C2CC2)CC1. The molecule has 2 saturated heterocycles. The fourth-order valence-electron chi connectivity index (χ4n) is 3.46. The molecule has 7 nitrogen and oxygen atoms in total. The fourth-order valence-corrected chi connectivity index (χ4v) is 3.46. The molecule has 0 aromatic carbocycles. The van der Waals surface area contributed by atoms with Gasteiger partial charge in [0.1, 0.15) is 17.8 Å². The summed E-state index contributed by atoms with van der Waals surface area (Å²) in [7, 11) is 0. The number of nitrogens with zero attached hydrogens (tertiary/aromatic N) is 5. The maximum atomic E-state index is 12.7. The fraction of sp³-hybridized carbons (Fsp3) is 0.647. The molecule has 7 heteroatoms. The molecule has 2 amide bonds. The standard InChI is InChI=1S/C17H23N5O2/c23-16(13-3-4-13)21-7-9-22(10-8-21)17(24)14-11-15(19-12-18-14)20-5-1-2-6-20/h11-13H,1-10H2. The largest absolute Gasteiger partial charge is 0.357 e. The molecular formula is C17H23N5O2. The van der Waals surface area contributed by atoms with E-state index < -0.39 is 0 Å². The van der Waals surface area contributed by atoms with Crippen LogP contribution in [0.1, 0.15) is 36.2 Å². The van der Waals surface area contributed by atoms with Crippen LogP contribution in [-0.2, 0) is 4.79 Å². The van der Waals surface area contributed by atoms with Crippen molar-refractivity contribution >= 4 is 17.6 Å². The van der Waals surface area contributed by atoms with Crippen molar-refractivity contribution in [2.45, 2.75) is 25.7 Å². The Kier molecular flexibility index (Phi) is 4.08. The molecule has 1 aromatic rings. The minimum Gasteiger partial charge on any atom is -0.357 e. The second-order valence-corrected chi connectivity index (χ2v) is 6.85. The van der Waals surface area contributed by atoms with Crippen LogP contribution in [0.5, 0.6) is 0 Å². The summed E-state index contributed by atoms with van der Waals surface area (Å²) in [4.78, 5) is 39.2. The van der Waals surface area contributed by atoms with Gasteiger partial charge >= 0.3 is 0 Å². The molecule has 3 aliphatic rings. The first-order valence-electron chi connectivity index (χ1n) is 8.87. The second kappa shape index (κ2) is 6.37. The normalized spacial score (nSPS) is 21.2. The van der Waals surface area contributed by atoms with Gasteiger partial charge in [-0.1, -0.05) is 0 Å². The van der Waals surface area contributed by atoms with E-state index in [2.05, 4.69) is 14.9 Å². The quantitative estimate of drug-likeness (QED) is 0.819. The molecule has 0 bridgehead atoms. The molecule has 0 unspecified atom stereocenters. The van der Waals surface area contributed by atoms with E-state index in [1.54, 1.807) is 11.0 Å². The lowest BCUT2D eigenvalue weighted by Gasteiger charge is -2.34. The number of amides is 2. The van der Waals surface area contributed by atoms with Crippen LogP contribution < -0.4 is 4.90 Å². The van der Waals surface area contributed by atoms with E-state index in [0.717, 1.165) is 31.7 Å². The van der Waals surface area contributed by atoms with Crippen molar-refractivity contribution in [2.24, 2.45) is 5.92 Å². The zero-order chi connectivity index (χ0) is 16.5. The molecule has 0 radical (unpaired) electrons. The van der Waals surface area contributed by atoms with Gasteiger partial charge in [-0.05, 0) is 25.7 Å². The van der Waals surface area contributed by atoms with Gasteiger partial charge in [-0.15, -0.1) is 0 Å². The summed E-state index contributed by atoms with van der Waals surface area (Å²) in [5.41, 5.74) is 0.453. The number of hydrogen-bond donors (Lipinski definition) is 0. The predicted octanol–water partition coefficient (Wildman–Crippen LogP) is 0.771. The number of rotatable bonds is 3. The monoisotopic (exact) mass is 329 g/mol. The van der Waals surface area contributed by atoms with Gasteiger partial charge < -0.3 is 14.7 Å². The molecule has 0 spiro atoms. The highest BCUT2D eigenvalue weighted by Crippen LogP contribution is 2.31. The molecular weight excluding hydrogens is 306 g/mol. The van der Waals surface area contributed by atoms with Crippen molar-refractivity contribution in [1.82, 2.24) is 19.8 Å². The van der Waals surface area contributed by atoms with Gasteiger partial charge in [-0.2, -0.15) is 0 Å². The zero-order valence-electron chi connectivity index (χ0n) is 13.9. The summed E-state index contributed by atoms with van der Waals surface area (Å²) in [6, 6.07) is 1.80. The van der Waals surface area contributed by atoms with Gasteiger partial charge in [-0.25, -0.2) is 9.97 Å². The molecule has 1 aromatic heterocycles. The number of carbonyl (C=O) groups is 2. The maximum Gasteiger partial charge on any atom is 0.272 e. The number of piperazine rings is 1. The number of hydrogen-bond acceptors (Lipinski definition) is 5. The summed E-state index contributed by atoms with van der Waals surface area (Å²) in [6.45, 7) is 4.41. The lowest BCUT2D eigenvalue weighted by atomic mass is 10.2. The van der Waals surface area contributed by atoms with E-state index in [0.29, 0.717) is 31.9 Å². The van der Waals surface area contributed by atoms with E-state index in [1.807, 2.05) is 4.90 Å². The van der Waals surface area contributed by atoms with Crippen LogP contribution in [0.15, 0.2) is 12.4 Å². The van der Waals surface area contributed by atoms with Gasteiger partial charge in [0.05, 0.1) is 0 Å². The van der Waals surface area contributed by atoms with Gasteiger partial charge in [0.15, 0.2) is 0 Å². The molecule has 0 atom stereocenters. The highest BCUT2D eigenvalue weighted by molar-refractivity contribution is 5.93. The zero-order valence-corrected chi connectivity index (χ0v) is 13.9. The molecule has 3 heterocycles. The first-order chi connectivity index (χ1) is 11.7. The number of anilines is 1. The van der Waals surface area contributed by atoms with Crippen LogP contribution >= 0.6 is 0 Å². The van der Waals surface area contributed by atoms with E-state index in [1.165, 1.54) is 19.2 Å². The van der Waals surface area contributed by atoms with Gasteiger partial charge in [0.2, 0.25) is 5.91 Å². The molecule has 2 aliphatic heterocycles. The van der Waals surface area contributed by atoms with E-state index in [-0.39, 0.29) is 17.7 Å². The van der Waals surface area contributed by atoms with Crippen LogP contribution in [0.4, 0.5) is 5.82 Å². The minimum absolute atomic E-state index is 0.0589. The summed E-state index contributed by atoms with van der Waals surface area (Å²) < 4.78 is 0. The van der Waals surface area contributed by atoms with E-state index >= 15 is 0 Å². The highest BCUT2D eigenvalue weighted by Gasteiger charge is 2.35. The Hall–Kier alpha value is -2.18. The average molecular weight is 329 g/mol. The van der Waals surface area contributed by atoms with Crippen LogP contribution in [0.3, 0.4) is 0 Å². The summed E-state index contributed by atoms with van der Waals surface area (Å²) >= 11 is 0. The Labute approximate surface area is 141 Å². The van der Waals surface area contributed by atoms with Gasteiger partial charge in [0, 0.05) is 51.3 Å². The van der Waals surface area contributed by atoms with Crippen molar-refractivity contribution in [3.63, 3.8) is 0 Å². The maximum absolute atomic E-state index is 12.7. The second-order valence-electron chi connectivity index (χ2n) is 6.85. The Bertz CT molecular complexity index is 632. The molecule has 24 heavy (non-hydrogen) atoms. The molecule has 4 rings (SSSR count). The molecule has 128 valence electrons. The lowest BCUT2D eigenvalue weighted by molar-refractivity contribution is -0.134. The van der Waals surface area contributed by atoms with Crippen molar-refractivity contribution in [1.29, 1.82) is 0 Å². The first kappa shape index (κ1) is 15.4. The topological polar surface area (TPSA) is 69.6 Å². The lowest BCUT2D eigenvalue weighted by Crippen LogP contribution is -2.51. The predicted molar refractivity (Wildman–Crippen MR) is 88.7 cm³/mol. The van der Waals surface area contributed by atoms with Crippen LogP contribution in [0.25, 0.3) is 0 Å². The molecule has 1 aliphatic carbocycles. The minimum atomic E-state index is -0.0589. The summed E-state index contributed by atoms with van der Waals surface area (Å²) in [5.74, 6) is 1.29. The third kappa shape index (κ3) is 3.07. The smallest absolute Gasteiger partial charge is 0.272 e. The molecule has 3 fully saturated rings. The van der Waals surface area contributed by atoms with Gasteiger partial charge in [0.25, 0.3) is 5.91 Å². The highest BCUT2D eigenvalue weighted by atomic mass is 16.2. The molecule has 0 N–H and O–H groups in total. The van der Waals surface area contributed by atoms with Crippen molar-refractivity contribution in [2.75, 3.05) is 44.2 Å². The van der Waals surface area contributed by atoms with Crippen LogP contribution in [0, 0.1) is 5.92 Å². The van der Waals surface area contributed by atoms with Crippen molar-refractivity contribution in [3.05, 3.63) is 18.1 Å². The summed E-state index contributed by atoms with van der Waals surface area (Å²) in [6.07, 6.45) is 5.87. The Morgan fingerprint density at radius 2 is 1.58 bits per heavy atom. The molecule has 1 saturated carbocycles. The van der Waals surface area contributed by atoms with Crippen molar-refractivity contribution in [3.8, 4) is 0 Å². The average Bonchev–Trinajstić information content (AvgIpc) is 3.34. The third-order valence-electron chi connectivity index (χ3n) is 5.11. The Balaban J connectivity index is 1.39. The third-order valence-corrected chi connectivity index (χ3v) is 5.11. The summed E-state index contributed by atoms with van der Waals surface area (Å²) in [5, 5.41) is 0. The van der Waals surface area contributed by atoms with E-state index in [9.17, 15) is 9.59 Å². The number of aromatic nitrogens is 2. The Morgan fingerprint density at radius 3 is 2.25 bits per heavy atom. The van der Waals surface area contributed by atoms with Crippen LogP contribution in [-0.4, -0.2) is 70.9 Å². The van der Waals surface area contributed by atoms with E-state index in [4.69, 9.17) is 0 Å². The Morgan fingerprint density at radius 1 is 0.917 bits per heavy atom. The number of carbonyl (C=O) groups excluding carboxylic acids is 2. The van der Waals surface area contributed by atoms with Crippen LogP contribution in [0.2, 0.25) is 0 Å². The first-order valence-corrected chi connectivity index (χ1v) is 8.87. The van der Waals surface area contributed by atoms with Gasteiger partial charge in [-0.3, -0.25) is 9.59 Å².